The lowest BCUT2D eigenvalue weighted by atomic mass is 10.1. The highest BCUT2D eigenvalue weighted by atomic mass is 79.9. The molecule has 6 nitrogen and oxygen atoms in total. The van der Waals surface area contributed by atoms with Crippen LogP contribution >= 0.6 is 15.9 Å². The van der Waals surface area contributed by atoms with Gasteiger partial charge < -0.3 is 10.0 Å². The Morgan fingerprint density at radius 1 is 1.30 bits per heavy atom. The van der Waals surface area contributed by atoms with Crippen LogP contribution in [0.1, 0.15) is 27.4 Å². The topological polar surface area (TPSA) is 83.4 Å². The van der Waals surface area contributed by atoms with Crippen LogP contribution in [0.25, 0.3) is 0 Å². The van der Waals surface area contributed by atoms with Crippen molar-refractivity contribution in [3.8, 4) is 0 Å². The van der Waals surface area contributed by atoms with Crippen molar-refractivity contribution >= 4 is 27.8 Å². The molecule has 1 aromatic heterocycles. The molecule has 0 radical (unpaired) electrons. The number of benzene rings is 1. The predicted octanol–water partition coefficient (Wildman–Crippen LogP) is 2.58. The number of aliphatic carboxylic acids is 1. The van der Waals surface area contributed by atoms with Gasteiger partial charge in [-0.2, -0.15) is 0 Å². The number of carbonyl (C=O) groups excluding carboxylic acids is 1. The van der Waals surface area contributed by atoms with E-state index in [0.29, 0.717) is 17.1 Å². The van der Waals surface area contributed by atoms with E-state index in [1.165, 1.54) is 11.1 Å². The lowest BCUT2D eigenvalue weighted by Gasteiger charge is -2.21. The Morgan fingerprint density at radius 3 is 2.65 bits per heavy atom. The molecule has 120 valence electrons. The molecule has 0 fully saturated rings. The number of halogens is 1. The van der Waals surface area contributed by atoms with Crippen LogP contribution in [0.2, 0.25) is 0 Å². The van der Waals surface area contributed by atoms with Crippen molar-refractivity contribution in [1.82, 2.24) is 14.9 Å². The van der Waals surface area contributed by atoms with Gasteiger partial charge in [-0.25, -0.2) is 9.97 Å². The van der Waals surface area contributed by atoms with Gasteiger partial charge >= 0.3 is 5.97 Å². The van der Waals surface area contributed by atoms with Crippen molar-refractivity contribution in [1.29, 1.82) is 0 Å². The summed E-state index contributed by atoms with van der Waals surface area (Å²) in [6.07, 6.45) is 1.44. The first-order chi connectivity index (χ1) is 10.9. The first kappa shape index (κ1) is 17.1. The number of hydrogen-bond donors (Lipinski definition) is 1. The third kappa shape index (κ3) is 4.59. The Labute approximate surface area is 142 Å². The van der Waals surface area contributed by atoms with E-state index in [1.54, 1.807) is 13.8 Å². The molecular weight excluding hydrogens is 362 g/mol. The van der Waals surface area contributed by atoms with E-state index in [-0.39, 0.29) is 6.54 Å². The van der Waals surface area contributed by atoms with E-state index in [2.05, 4.69) is 25.9 Å². The molecular formula is C16H16BrN3O3. The van der Waals surface area contributed by atoms with Crippen LogP contribution in [0, 0.1) is 13.8 Å². The molecule has 1 N–H and O–H groups in total. The molecule has 0 aliphatic rings. The molecule has 23 heavy (non-hydrogen) atoms. The van der Waals surface area contributed by atoms with Crippen molar-refractivity contribution < 1.29 is 14.7 Å². The molecule has 1 heterocycles. The van der Waals surface area contributed by atoms with E-state index in [4.69, 9.17) is 5.11 Å². The highest BCUT2D eigenvalue weighted by Crippen LogP contribution is 2.16. The number of rotatable bonds is 5. The molecule has 0 unspecified atom stereocenters. The first-order valence-corrected chi connectivity index (χ1v) is 7.72. The maximum atomic E-state index is 12.7. The fraction of sp³-hybridized carbons (Fsp3) is 0.250. The van der Waals surface area contributed by atoms with Crippen LogP contribution in [0.4, 0.5) is 0 Å². The molecule has 7 heteroatoms. The number of carbonyl (C=O) groups is 2. The Morgan fingerprint density at radius 2 is 2.04 bits per heavy atom. The van der Waals surface area contributed by atoms with Crippen LogP contribution in [0.3, 0.4) is 0 Å². The minimum atomic E-state index is -1.07. The number of aryl methyl sites for hydroxylation is 2. The van der Waals surface area contributed by atoms with Crippen LogP contribution in [-0.4, -0.2) is 38.4 Å². The normalized spacial score (nSPS) is 10.4. The molecule has 0 bridgehead atoms. The highest BCUT2D eigenvalue weighted by molar-refractivity contribution is 9.10. The fourth-order valence-electron chi connectivity index (χ4n) is 2.18. The number of amides is 1. The van der Waals surface area contributed by atoms with E-state index in [0.717, 1.165) is 10.0 Å². The molecule has 2 aromatic rings. The van der Waals surface area contributed by atoms with Gasteiger partial charge in [0, 0.05) is 17.2 Å². The fourth-order valence-corrected chi connectivity index (χ4v) is 2.63. The molecule has 0 atom stereocenters. The maximum absolute atomic E-state index is 12.7. The van der Waals surface area contributed by atoms with E-state index in [9.17, 15) is 9.59 Å². The second-order valence-electron chi connectivity index (χ2n) is 5.10. The van der Waals surface area contributed by atoms with Gasteiger partial charge in [-0.15, -0.1) is 0 Å². The summed E-state index contributed by atoms with van der Waals surface area (Å²) in [7, 11) is 0. The molecule has 1 aromatic carbocycles. The Hall–Kier alpha value is -2.28. The van der Waals surface area contributed by atoms with E-state index >= 15 is 0 Å². The number of carboxylic acids is 1. The third-order valence-corrected chi connectivity index (χ3v) is 3.70. The summed E-state index contributed by atoms with van der Waals surface area (Å²) in [5, 5.41) is 9.09. The van der Waals surface area contributed by atoms with Crippen molar-refractivity contribution in [3.05, 3.63) is 57.6 Å². The summed E-state index contributed by atoms with van der Waals surface area (Å²) < 4.78 is 0.868. The van der Waals surface area contributed by atoms with Gasteiger partial charge in [0.05, 0.1) is 11.3 Å². The molecule has 0 aliphatic carbocycles. The van der Waals surface area contributed by atoms with Crippen LogP contribution in [-0.2, 0) is 11.3 Å². The summed E-state index contributed by atoms with van der Waals surface area (Å²) in [6.45, 7) is 3.24. The monoisotopic (exact) mass is 377 g/mol. The summed E-state index contributed by atoms with van der Waals surface area (Å²) >= 11 is 3.36. The summed E-state index contributed by atoms with van der Waals surface area (Å²) in [5.74, 6) is -0.903. The van der Waals surface area contributed by atoms with Gasteiger partial charge in [0.2, 0.25) is 0 Å². The van der Waals surface area contributed by atoms with Crippen LogP contribution < -0.4 is 0 Å². The average Bonchev–Trinajstić information content (AvgIpc) is 2.45. The van der Waals surface area contributed by atoms with Gasteiger partial charge in [0.25, 0.3) is 5.91 Å². The van der Waals surface area contributed by atoms with Gasteiger partial charge in [-0.05, 0) is 31.5 Å². The van der Waals surface area contributed by atoms with Crippen molar-refractivity contribution in [2.45, 2.75) is 20.4 Å². The largest absolute Gasteiger partial charge is 0.480 e. The lowest BCUT2D eigenvalue weighted by molar-refractivity contribution is -0.137. The number of hydrogen-bond acceptors (Lipinski definition) is 4. The SMILES string of the molecule is Cc1ncc(C(=O)N(CC(=O)O)Cc2cccc(Br)c2)c(C)n1. The zero-order valence-electron chi connectivity index (χ0n) is 12.8. The van der Waals surface area contributed by atoms with Crippen molar-refractivity contribution in [3.63, 3.8) is 0 Å². The second kappa shape index (κ2) is 7.32. The Balaban J connectivity index is 2.30. The van der Waals surface area contributed by atoms with Gasteiger partial charge in [0.1, 0.15) is 12.4 Å². The first-order valence-electron chi connectivity index (χ1n) is 6.92. The molecule has 1 amide bonds. The quantitative estimate of drug-likeness (QED) is 0.865. The second-order valence-corrected chi connectivity index (χ2v) is 6.02. The summed E-state index contributed by atoms with van der Waals surface area (Å²) in [4.78, 5) is 33.2. The summed E-state index contributed by atoms with van der Waals surface area (Å²) in [5.41, 5.74) is 1.68. The smallest absolute Gasteiger partial charge is 0.323 e. The molecule has 2 rings (SSSR count). The van der Waals surface area contributed by atoms with Gasteiger partial charge in [-0.3, -0.25) is 9.59 Å². The van der Waals surface area contributed by atoms with Crippen molar-refractivity contribution in [2.24, 2.45) is 0 Å². The van der Waals surface area contributed by atoms with Gasteiger partial charge in [0.15, 0.2) is 0 Å². The number of aromatic nitrogens is 2. The van der Waals surface area contributed by atoms with E-state index in [1.807, 2.05) is 24.3 Å². The standard InChI is InChI=1S/C16H16BrN3O3/c1-10-14(7-18-11(2)19-10)16(23)20(9-15(21)22)8-12-4-3-5-13(17)6-12/h3-7H,8-9H2,1-2H3,(H,21,22). The Bertz CT molecular complexity index is 749. The van der Waals surface area contributed by atoms with Crippen LogP contribution in [0.15, 0.2) is 34.9 Å². The molecule has 0 saturated heterocycles. The minimum absolute atomic E-state index is 0.192. The average molecular weight is 378 g/mol. The van der Waals surface area contributed by atoms with Crippen LogP contribution in [0.5, 0.6) is 0 Å². The summed E-state index contributed by atoms with van der Waals surface area (Å²) in [6, 6.07) is 7.39. The zero-order chi connectivity index (χ0) is 17.0. The number of carboxylic acid groups (broad SMARTS) is 1. The zero-order valence-corrected chi connectivity index (χ0v) is 14.4. The maximum Gasteiger partial charge on any atom is 0.323 e. The lowest BCUT2D eigenvalue weighted by Crippen LogP contribution is -2.35. The molecule has 0 aliphatic heterocycles. The molecule has 0 saturated carbocycles. The predicted molar refractivity (Wildman–Crippen MR) is 88.0 cm³/mol. The van der Waals surface area contributed by atoms with Gasteiger partial charge in [-0.1, -0.05) is 28.1 Å². The van der Waals surface area contributed by atoms with E-state index < -0.39 is 18.4 Å². The highest BCUT2D eigenvalue weighted by Gasteiger charge is 2.21. The van der Waals surface area contributed by atoms with Crippen molar-refractivity contribution in [2.75, 3.05) is 6.54 Å². The minimum Gasteiger partial charge on any atom is -0.480 e. The molecule has 0 spiro atoms. The Kier molecular flexibility index (Phi) is 5.44. The number of nitrogens with zero attached hydrogens (tertiary/aromatic N) is 3. The third-order valence-electron chi connectivity index (χ3n) is 3.21.